The van der Waals surface area contributed by atoms with Crippen LogP contribution in [0.3, 0.4) is 0 Å². The van der Waals surface area contributed by atoms with Crippen molar-refractivity contribution >= 4 is 6.47 Å². The van der Waals surface area contributed by atoms with Crippen LogP contribution in [0.5, 0.6) is 0 Å². The van der Waals surface area contributed by atoms with Crippen LogP contribution in [0.4, 0.5) is 0 Å². The first-order valence-corrected chi connectivity index (χ1v) is 17.6. The number of hydrogen-bond acceptors (Lipinski definition) is 5. The van der Waals surface area contributed by atoms with Gasteiger partial charge in [0, 0.05) is 16.7 Å². The highest BCUT2D eigenvalue weighted by Crippen LogP contribution is 2.71. The number of hydrogen-bond donors (Lipinski definition) is 2. The van der Waals surface area contributed by atoms with Crippen molar-refractivity contribution in [3.63, 3.8) is 0 Å². The molecule has 43 heavy (non-hydrogen) atoms. The topological polar surface area (TPSA) is 76.0 Å². The van der Waals surface area contributed by atoms with Crippen LogP contribution >= 0.6 is 0 Å². The fraction of sp³-hybridized carbons (Fsp3) is 0.974. The van der Waals surface area contributed by atoms with Crippen LogP contribution in [0, 0.1) is 50.2 Å². The first-order valence-electron chi connectivity index (χ1n) is 17.6. The Morgan fingerprint density at radius 2 is 1.51 bits per heavy atom. The lowest BCUT2D eigenvalue weighted by Crippen LogP contribution is -2.64. The average Bonchev–Trinajstić information content (AvgIpc) is 3.27. The van der Waals surface area contributed by atoms with E-state index >= 15 is 0 Å². The molecule has 5 nitrogen and oxygen atoms in total. The molecular weight excluding hydrogens is 536 g/mol. The smallest absolute Gasteiger partial charge is 0.293 e. The maximum atomic E-state index is 11.5. The van der Waals surface area contributed by atoms with Gasteiger partial charge >= 0.3 is 0 Å². The monoisotopic (exact) mass is 607 g/mol. The van der Waals surface area contributed by atoms with Gasteiger partial charge in [-0.15, -0.1) is 0 Å². The van der Waals surface area contributed by atoms with Gasteiger partial charge in [0.15, 0.2) is 0 Å². The van der Waals surface area contributed by atoms with E-state index in [0.29, 0.717) is 29.1 Å². The van der Waals surface area contributed by atoms with E-state index in [1.807, 2.05) is 6.92 Å². The van der Waals surface area contributed by atoms with Gasteiger partial charge in [-0.25, -0.2) is 0 Å². The molecule has 9 atom stereocenters. The van der Waals surface area contributed by atoms with Crippen molar-refractivity contribution in [1.29, 1.82) is 0 Å². The highest BCUT2D eigenvalue weighted by Gasteiger charge is 2.66. The van der Waals surface area contributed by atoms with Gasteiger partial charge in [-0.05, 0) is 112 Å². The largest absolute Gasteiger partial charge is 0.464 e. The van der Waals surface area contributed by atoms with Crippen molar-refractivity contribution in [1.82, 2.24) is 0 Å². The highest BCUT2D eigenvalue weighted by atomic mass is 16.5. The van der Waals surface area contributed by atoms with Gasteiger partial charge in [0.1, 0.15) is 6.10 Å². The minimum absolute atomic E-state index is 0.00482. The molecule has 4 aliphatic rings. The summed E-state index contributed by atoms with van der Waals surface area (Å²) in [6.07, 6.45) is 10.6. The SMILES string of the molecule is CC(C)(C)C.CC(O)C(C1(C)CCC23CCCC(OC=O)C(C)(C)C(CCC2C1(C)C)C3)[C@@]1(C)CCC(C(C)(C)CO)O1. The third-order valence-electron chi connectivity index (χ3n) is 13.3. The second-order valence-corrected chi connectivity index (χ2v) is 19.3. The average molecular weight is 607 g/mol. The fourth-order valence-corrected chi connectivity index (χ4v) is 10.7. The molecule has 5 heteroatoms. The molecular formula is C38H70O5. The van der Waals surface area contributed by atoms with Gasteiger partial charge in [0.25, 0.3) is 6.47 Å². The first-order chi connectivity index (χ1) is 19.5. The van der Waals surface area contributed by atoms with E-state index in [1.165, 1.54) is 32.1 Å². The lowest BCUT2D eigenvalue weighted by molar-refractivity contribution is -0.234. The Balaban J connectivity index is 0.000000934. The first kappa shape index (κ1) is 36.8. The number of fused-ring (bicyclic) bond motifs is 1. The Morgan fingerprint density at radius 3 is 2.05 bits per heavy atom. The van der Waals surface area contributed by atoms with Crippen LogP contribution in [0.25, 0.3) is 0 Å². The maximum Gasteiger partial charge on any atom is 0.293 e. The molecule has 4 rings (SSSR count). The number of rotatable bonds is 7. The van der Waals surface area contributed by atoms with E-state index in [2.05, 4.69) is 83.1 Å². The standard InChI is InChI=1S/C33H58O5.C5H12/c1-22(36)27(32(9)16-14-25(38-32)28(2,3)20-34)31(8)17-18-33-15-10-11-26(37-21-35)29(4,5)23(19-33)12-13-24(33)30(31,6)7;1-5(2,3)4/h21-27,34,36H,10-20H2,1-9H3;1-4H3/t22?,23?,24?,25?,26?,27?,31?,32-,33?;/m1./s1. The molecule has 0 radical (unpaired) electrons. The van der Waals surface area contributed by atoms with Crippen molar-refractivity contribution in [2.45, 2.75) is 178 Å². The van der Waals surface area contributed by atoms with E-state index in [0.717, 1.165) is 32.1 Å². The Hall–Kier alpha value is -0.650. The molecule has 3 saturated carbocycles. The molecule has 1 heterocycles. The van der Waals surface area contributed by atoms with Gasteiger partial charge in [0.05, 0.1) is 24.4 Å². The molecule has 1 aliphatic heterocycles. The number of ether oxygens (including phenoxy) is 2. The third-order valence-corrected chi connectivity index (χ3v) is 13.3. The fourth-order valence-electron chi connectivity index (χ4n) is 10.7. The normalized spacial score (nSPS) is 40.5. The molecule has 0 amide bonds. The van der Waals surface area contributed by atoms with Crippen LogP contribution < -0.4 is 0 Å². The number of aliphatic hydroxyl groups excluding tert-OH is 2. The Labute approximate surface area is 265 Å². The molecule has 1 saturated heterocycles. The molecule has 0 aromatic rings. The second kappa shape index (κ2) is 12.5. The number of carbonyl (C=O) groups is 1. The van der Waals surface area contributed by atoms with E-state index in [9.17, 15) is 15.0 Å². The minimum atomic E-state index is -0.469. The Bertz CT molecular complexity index is 940. The zero-order chi connectivity index (χ0) is 32.9. The van der Waals surface area contributed by atoms with Gasteiger partial charge in [-0.2, -0.15) is 0 Å². The summed E-state index contributed by atoms with van der Waals surface area (Å²) in [7, 11) is 0. The second-order valence-electron chi connectivity index (χ2n) is 19.3. The third kappa shape index (κ3) is 7.04. The summed E-state index contributed by atoms with van der Waals surface area (Å²) in [6.45, 7) is 30.1. The molecule has 252 valence electrons. The molecule has 0 aromatic carbocycles. The van der Waals surface area contributed by atoms with Crippen LogP contribution in [0.2, 0.25) is 0 Å². The highest BCUT2D eigenvalue weighted by molar-refractivity contribution is 5.37. The van der Waals surface area contributed by atoms with Gasteiger partial charge in [-0.1, -0.05) is 76.2 Å². The van der Waals surface area contributed by atoms with E-state index in [-0.39, 0.29) is 46.4 Å². The summed E-state index contributed by atoms with van der Waals surface area (Å²) in [4.78, 5) is 11.3. The molecule has 2 N–H and O–H groups in total. The predicted octanol–water partition coefficient (Wildman–Crippen LogP) is 8.97. The molecule has 1 spiro atoms. The predicted molar refractivity (Wildman–Crippen MR) is 177 cm³/mol. The molecule has 3 aliphatic carbocycles. The Morgan fingerprint density at radius 1 is 0.907 bits per heavy atom. The van der Waals surface area contributed by atoms with Crippen molar-refractivity contribution in [2.75, 3.05) is 6.61 Å². The Kier molecular flexibility index (Phi) is 10.7. The summed E-state index contributed by atoms with van der Waals surface area (Å²) >= 11 is 0. The van der Waals surface area contributed by atoms with Crippen molar-refractivity contribution < 1.29 is 24.5 Å². The van der Waals surface area contributed by atoms with E-state index in [1.54, 1.807) is 0 Å². The summed E-state index contributed by atoms with van der Waals surface area (Å²) in [5, 5.41) is 21.5. The molecule has 8 unspecified atom stereocenters. The maximum absolute atomic E-state index is 11.5. The van der Waals surface area contributed by atoms with Crippen molar-refractivity contribution in [2.24, 2.45) is 50.2 Å². The van der Waals surface area contributed by atoms with Gasteiger partial charge < -0.3 is 19.7 Å². The molecule has 0 aromatic heterocycles. The van der Waals surface area contributed by atoms with Crippen LogP contribution in [0.1, 0.15) is 154 Å². The lowest BCUT2D eigenvalue weighted by Gasteiger charge is -2.68. The van der Waals surface area contributed by atoms with Crippen LogP contribution in [0.15, 0.2) is 0 Å². The summed E-state index contributed by atoms with van der Waals surface area (Å²) in [5.74, 6) is 1.18. The van der Waals surface area contributed by atoms with E-state index in [4.69, 9.17) is 9.47 Å². The molecule has 2 bridgehead atoms. The minimum Gasteiger partial charge on any atom is -0.464 e. The van der Waals surface area contributed by atoms with Crippen molar-refractivity contribution in [3.8, 4) is 0 Å². The lowest BCUT2D eigenvalue weighted by atomic mass is 9.37. The summed E-state index contributed by atoms with van der Waals surface area (Å²) in [6, 6.07) is 0. The van der Waals surface area contributed by atoms with Crippen LogP contribution in [-0.4, -0.2) is 47.2 Å². The van der Waals surface area contributed by atoms with Crippen LogP contribution in [-0.2, 0) is 14.3 Å². The zero-order valence-corrected chi connectivity index (χ0v) is 30.4. The van der Waals surface area contributed by atoms with Crippen molar-refractivity contribution in [3.05, 3.63) is 0 Å². The quantitative estimate of drug-likeness (QED) is 0.283. The molecule has 4 fully saturated rings. The van der Waals surface area contributed by atoms with Gasteiger partial charge in [-0.3, -0.25) is 4.79 Å². The number of aliphatic hydroxyl groups is 2. The number of carbonyl (C=O) groups excluding carboxylic acids is 1. The zero-order valence-electron chi connectivity index (χ0n) is 30.4. The van der Waals surface area contributed by atoms with E-state index < -0.39 is 11.7 Å². The summed E-state index contributed by atoms with van der Waals surface area (Å²) < 4.78 is 12.6. The van der Waals surface area contributed by atoms with Gasteiger partial charge in [0.2, 0.25) is 0 Å². The summed E-state index contributed by atoms with van der Waals surface area (Å²) in [5.41, 5.74) is 0.0726.